The maximum atomic E-state index is 2.51. The molecule has 0 nitrogen and oxygen atoms in total. The fourth-order valence-electron chi connectivity index (χ4n) is 1.19. The molecule has 1 aliphatic rings. The zero-order chi connectivity index (χ0) is 8.81. The van der Waals surface area contributed by atoms with E-state index in [-0.39, 0.29) is 0 Å². The van der Waals surface area contributed by atoms with Gasteiger partial charge in [-0.1, -0.05) is 72.7 Å². The average Bonchev–Trinajstić information content (AvgIpc) is 2.53. The second kappa shape index (κ2) is 5.57. The van der Waals surface area contributed by atoms with Gasteiger partial charge in [-0.3, -0.25) is 0 Å². The summed E-state index contributed by atoms with van der Waals surface area (Å²) in [6.07, 6.45) is 14.8. The van der Waals surface area contributed by atoms with Crippen LogP contribution in [0.3, 0.4) is 0 Å². The number of hydrogen-bond acceptors (Lipinski definition) is 0. The number of hydrogen-bond donors (Lipinski definition) is 0. The molecule has 0 aromatic rings. The molecule has 0 heterocycles. The molecule has 0 bridgehead atoms. The van der Waals surface area contributed by atoms with Gasteiger partial charge in [0.15, 0.2) is 0 Å². The molecule has 1 atom stereocenters. The van der Waals surface area contributed by atoms with Crippen molar-refractivity contribution >= 4 is 22.6 Å². The molecular weight excluding hydrogens is 259 g/mol. The van der Waals surface area contributed by atoms with Crippen LogP contribution >= 0.6 is 22.6 Å². The standard InChI is InChI=1S/C11H15I/c1-2-3-8-11(12)9-10-6-4-5-7-10/h4-7,9,11H,2-3,8H2,1H3. The lowest BCUT2D eigenvalue weighted by molar-refractivity contribution is 0.748. The molecule has 1 aliphatic carbocycles. The quantitative estimate of drug-likeness (QED) is 0.536. The molecule has 12 heavy (non-hydrogen) atoms. The van der Waals surface area contributed by atoms with E-state index in [0.717, 1.165) is 0 Å². The molecule has 0 saturated heterocycles. The van der Waals surface area contributed by atoms with Gasteiger partial charge in [0.25, 0.3) is 0 Å². The molecule has 0 spiro atoms. The molecule has 66 valence electrons. The third kappa shape index (κ3) is 3.57. The van der Waals surface area contributed by atoms with Gasteiger partial charge in [0.2, 0.25) is 0 Å². The van der Waals surface area contributed by atoms with E-state index < -0.39 is 0 Å². The number of allylic oxidation sites excluding steroid dienone is 6. The van der Waals surface area contributed by atoms with Crippen LogP contribution in [0.1, 0.15) is 26.2 Å². The summed E-state index contributed by atoms with van der Waals surface area (Å²) in [4.78, 5) is 0. The van der Waals surface area contributed by atoms with Crippen LogP contribution in [-0.4, -0.2) is 3.92 Å². The van der Waals surface area contributed by atoms with E-state index in [1.165, 1.54) is 24.8 Å². The minimum atomic E-state index is 0.699. The van der Waals surface area contributed by atoms with E-state index in [9.17, 15) is 0 Å². The molecule has 0 fully saturated rings. The Morgan fingerprint density at radius 1 is 1.42 bits per heavy atom. The molecule has 1 rings (SSSR count). The maximum absolute atomic E-state index is 2.51. The molecule has 1 unspecified atom stereocenters. The molecule has 0 aliphatic heterocycles. The lowest BCUT2D eigenvalue weighted by atomic mass is 10.1. The SMILES string of the molecule is CCCCC(I)C=C1C=CC=C1. The molecule has 0 saturated carbocycles. The van der Waals surface area contributed by atoms with Gasteiger partial charge in [0.1, 0.15) is 0 Å². The van der Waals surface area contributed by atoms with Crippen molar-refractivity contribution < 1.29 is 0 Å². The van der Waals surface area contributed by atoms with Gasteiger partial charge in [-0.2, -0.15) is 0 Å². The largest absolute Gasteiger partial charge is 0.0780 e. The van der Waals surface area contributed by atoms with Crippen LogP contribution < -0.4 is 0 Å². The summed E-state index contributed by atoms with van der Waals surface area (Å²) in [7, 11) is 0. The Bertz CT molecular complexity index is 197. The summed E-state index contributed by atoms with van der Waals surface area (Å²) >= 11 is 2.51. The van der Waals surface area contributed by atoms with Crippen molar-refractivity contribution in [1.82, 2.24) is 0 Å². The summed E-state index contributed by atoms with van der Waals surface area (Å²) in [5, 5.41) is 0. The van der Waals surface area contributed by atoms with Crippen molar-refractivity contribution in [2.24, 2.45) is 0 Å². The van der Waals surface area contributed by atoms with Gasteiger partial charge < -0.3 is 0 Å². The monoisotopic (exact) mass is 274 g/mol. The highest BCUT2D eigenvalue weighted by Crippen LogP contribution is 2.17. The van der Waals surface area contributed by atoms with Crippen molar-refractivity contribution in [2.75, 3.05) is 0 Å². The van der Waals surface area contributed by atoms with Gasteiger partial charge >= 0.3 is 0 Å². The smallest absolute Gasteiger partial charge is 0.0298 e. The molecule has 1 heteroatoms. The normalized spacial score (nSPS) is 17.0. The Morgan fingerprint density at radius 2 is 2.08 bits per heavy atom. The van der Waals surface area contributed by atoms with Crippen molar-refractivity contribution in [3.8, 4) is 0 Å². The Labute approximate surface area is 88.6 Å². The van der Waals surface area contributed by atoms with Crippen molar-refractivity contribution in [3.05, 3.63) is 36.0 Å². The third-order valence-corrected chi connectivity index (χ3v) is 2.88. The highest BCUT2D eigenvalue weighted by molar-refractivity contribution is 14.1. The van der Waals surface area contributed by atoms with Crippen LogP contribution in [0, 0.1) is 0 Å². The summed E-state index contributed by atoms with van der Waals surface area (Å²) in [5.41, 5.74) is 1.37. The minimum absolute atomic E-state index is 0.699. The van der Waals surface area contributed by atoms with Crippen LogP contribution in [0.2, 0.25) is 0 Å². The molecule has 0 aromatic carbocycles. The number of rotatable bonds is 4. The van der Waals surface area contributed by atoms with E-state index in [2.05, 4.69) is 59.9 Å². The second-order valence-electron chi connectivity index (χ2n) is 3.04. The first-order chi connectivity index (χ1) is 5.83. The third-order valence-electron chi connectivity index (χ3n) is 1.90. The van der Waals surface area contributed by atoms with Gasteiger partial charge in [0.05, 0.1) is 0 Å². The first-order valence-electron chi connectivity index (χ1n) is 4.53. The van der Waals surface area contributed by atoms with Crippen LogP contribution in [0.4, 0.5) is 0 Å². The molecular formula is C11H15I. The average molecular weight is 274 g/mol. The predicted molar refractivity (Wildman–Crippen MR) is 63.7 cm³/mol. The van der Waals surface area contributed by atoms with Crippen molar-refractivity contribution in [1.29, 1.82) is 0 Å². The fraction of sp³-hybridized carbons (Fsp3) is 0.455. The first-order valence-corrected chi connectivity index (χ1v) is 5.78. The Kier molecular flexibility index (Phi) is 4.66. The first kappa shape index (κ1) is 10.0. The van der Waals surface area contributed by atoms with Crippen LogP contribution in [0.15, 0.2) is 36.0 Å². The number of alkyl halides is 1. The second-order valence-corrected chi connectivity index (χ2v) is 4.64. The molecule has 0 N–H and O–H groups in total. The Morgan fingerprint density at radius 3 is 2.67 bits per heavy atom. The van der Waals surface area contributed by atoms with Gasteiger partial charge in [-0.05, 0) is 12.0 Å². The van der Waals surface area contributed by atoms with Gasteiger partial charge in [-0.15, -0.1) is 0 Å². The van der Waals surface area contributed by atoms with Crippen LogP contribution in [-0.2, 0) is 0 Å². The van der Waals surface area contributed by atoms with E-state index in [4.69, 9.17) is 0 Å². The highest BCUT2D eigenvalue weighted by atomic mass is 127. The molecule has 0 amide bonds. The zero-order valence-corrected chi connectivity index (χ0v) is 9.62. The van der Waals surface area contributed by atoms with E-state index in [0.29, 0.717) is 3.92 Å². The number of halogens is 1. The van der Waals surface area contributed by atoms with Gasteiger partial charge in [-0.25, -0.2) is 0 Å². The van der Waals surface area contributed by atoms with Crippen LogP contribution in [0.25, 0.3) is 0 Å². The lowest BCUT2D eigenvalue weighted by Gasteiger charge is -2.02. The highest BCUT2D eigenvalue weighted by Gasteiger charge is 2.00. The Hall–Kier alpha value is -0.0500. The molecule has 0 aromatic heterocycles. The van der Waals surface area contributed by atoms with Gasteiger partial charge in [0, 0.05) is 3.92 Å². The Balaban J connectivity index is 2.33. The van der Waals surface area contributed by atoms with Crippen molar-refractivity contribution in [2.45, 2.75) is 30.1 Å². The fourth-order valence-corrected chi connectivity index (χ4v) is 2.05. The summed E-state index contributed by atoms with van der Waals surface area (Å²) in [6.45, 7) is 2.24. The topological polar surface area (TPSA) is 0 Å². The maximum Gasteiger partial charge on any atom is 0.0298 e. The minimum Gasteiger partial charge on any atom is -0.0780 e. The summed E-state index contributed by atoms with van der Waals surface area (Å²) < 4.78 is 0.699. The van der Waals surface area contributed by atoms with E-state index >= 15 is 0 Å². The summed E-state index contributed by atoms with van der Waals surface area (Å²) in [6, 6.07) is 0. The predicted octanol–water partition coefficient (Wildman–Crippen LogP) is 4.03. The zero-order valence-electron chi connectivity index (χ0n) is 7.46. The number of unbranched alkanes of at least 4 members (excludes halogenated alkanes) is 1. The summed E-state index contributed by atoms with van der Waals surface area (Å²) in [5.74, 6) is 0. The molecule has 0 radical (unpaired) electrons. The van der Waals surface area contributed by atoms with E-state index in [1.54, 1.807) is 0 Å². The lowest BCUT2D eigenvalue weighted by Crippen LogP contribution is -1.92. The van der Waals surface area contributed by atoms with Crippen molar-refractivity contribution in [3.63, 3.8) is 0 Å². The van der Waals surface area contributed by atoms with E-state index in [1.807, 2.05) is 0 Å². The van der Waals surface area contributed by atoms with Crippen LogP contribution in [0.5, 0.6) is 0 Å².